The Morgan fingerprint density at radius 1 is 1.29 bits per heavy atom. The molecule has 1 fully saturated rings. The molecule has 0 bridgehead atoms. The molecule has 6 heteroatoms. The van der Waals surface area contributed by atoms with E-state index in [4.69, 9.17) is 10.2 Å². The number of rotatable bonds is 0. The molecule has 0 radical (unpaired) electrons. The van der Waals surface area contributed by atoms with E-state index in [0.717, 1.165) is 0 Å². The Bertz CT molecular complexity index is 54.0. The third-order valence-electron chi connectivity index (χ3n) is 0.232. The van der Waals surface area contributed by atoms with E-state index in [1.54, 1.807) is 0 Å². The molecule has 2 N–H and O–H groups in total. The Labute approximate surface area is 96.8 Å². The van der Waals surface area contributed by atoms with Crippen molar-refractivity contribution in [3.63, 3.8) is 0 Å². The van der Waals surface area contributed by atoms with Crippen molar-refractivity contribution in [2.45, 2.75) is 6.16 Å². The van der Waals surface area contributed by atoms with Gasteiger partial charge in [-0.05, 0) is 0 Å². The molecule has 1 saturated heterocycles. The van der Waals surface area contributed by atoms with E-state index in [1.807, 2.05) is 0 Å². The van der Waals surface area contributed by atoms with Gasteiger partial charge in [0.2, 0.25) is 0 Å². The first-order chi connectivity index (χ1) is 2.21. The summed E-state index contributed by atoms with van der Waals surface area (Å²) >= 11 is 0. The molecule has 0 unspecified atom stereocenters. The summed E-state index contributed by atoms with van der Waals surface area (Å²) in [6.07, 6.45) is -2.25. The molecule has 34 valence electrons. The summed E-state index contributed by atoms with van der Waals surface area (Å²) in [5.74, 6) is 0. The fourth-order valence-electron chi connectivity index (χ4n) is 0.0373. The van der Waals surface area contributed by atoms with Crippen molar-refractivity contribution in [3.8, 4) is 0 Å². The molecule has 1 aliphatic heterocycles. The van der Waals surface area contributed by atoms with Crippen LogP contribution in [0.4, 0.5) is 0 Å². The van der Waals surface area contributed by atoms with Gasteiger partial charge in [0.1, 0.15) is 0 Å². The monoisotopic (exact) mass is 182 g/mol. The summed E-state index contributed by atoms with van der Waals surface area (Å²) in [6, 6.07) is 0. The molecule has 4 nitrogen and oxygen atoms in total. The van der Waals surface area contributed by atoms with E-state index in [1.165, 1.54) is 0 Å². The van der Waals surface area contributed by atoms with Crippen LogP contribution in [0.2, 0.25) is 0 Å². The average Bonchev–Trinajstić information content (AvgIpc) is 1.76. The van der Waals surface area contributed by atoms with E-state index in [0.29, 0.717) is 0 Å². The molecular formula is CH3KO4Zn. The minimum atomic E-state index is -2.25. The van der Waals surface area contributed by atoms with Gasteiger partial charge in [-0.1, -0.05) is 0 Å². The summed E-state index contributed by atoms with van der Waals surface area (Å²) in [5.41, 5.74) is 0. The zero-order valence-corrected chi connectivity index (χ0v) is 10.0. The molecule has 0 aromatic carbocycles. The smallest absolute Gasteiger partial charge is 1.00 e. The SMILES string of the molecule is OC1(O)OO1.[H-].[K+].[Zn]. The zero-order chi connectivity index (χ0) is 3.91. The van der Waals surface area contributed by atoms with Gasteiger partial charge >= 0.3 is 57.5 Å². The molecule has 0 saturated carbocycles. The Kier molecular flexibility index (Phi) is 6.77. The number of aliphatic hydroxyl groups is 2. The predicted molar refractivity (Wildman–Crippen MR) is 10.5 cm³/mol. The molecule has 0 atom stereocenters. The van der Waals surface area contributed by atoms with Crippen LogP contribution >= 0.6 is 0 Å². The van der Waals surface area contributed by atoms with Crippen LogP contribution in [-0.2, 0) is 29.3 Å². The van der Waals surface area contributed by atoms with Gasteiger partial charge in [0.15, 0.2) is 0 Å². The maximum Gasteiger partial charge on any atom is 1.00 e. The normalized spacial score (nSPS) is 21.4. The topological polar surface area (TPSA) is 65.5 Å². The molecule has 0 aromatic heterocycles. The van der Waals surface area contributed by atoms with Gasteiger partial charge in [-0.3, -0.25) is 0 Å². The average molecular weight is 184 g/mol. The fraction of sp³-hybridized carbons (Fsp3) is 1.00. The molecular weight excluding hydrogens is 180 g/mol. The Morgan fingerprint density at radius 2 is 1.43 bits per heavy atom. The maximum atomic E-state index is 7.74. The summed E-state index contributed by atoms with van der Waals surface area (Å²) in [4.78, 5) is 7.01. The Morgan fingerprint density at radius 3 is 1.43 bits per heavy atom. The Hall–Kier alpha value is 2.10. The van der Waals surface area contributed by atoms with Gasteiger partial charge in [0.25, 0.3) is 0 Å². The van der Waals surface area contributed by atoms with Crippen molar-refractivity contribution in [2.24, 2.45) is 0 Å². The van der Waals surface area contributed by atoms with Crippen molar-refractivity contribution in [1.29, 1.82) is 0 Å². The van der Waals surface area contributed by atoms with Gasteiger partial charge in [0, 0.05) is 19.5 Å². The van der Waals surface area contributed by atoms with Crippen LogP contribution in [-0.4, -0.2) is 16.4 Å². The molecule has 1 aliphatic rings. The summed E-state index contributed by atoms with van der Waals surface area (Å²) in [6.45, 7) is 0. The third-order valence-corrected chi connectivity index (χ3v) is 0.232. The van der Waals surface area contributed by atoms with Crippen molar-refractivity contribution in [2.75, 3.05) is 0 Å². The third kappa shape index (κ3) is 5.98. The fourth-order valence-corrected chi connectivity index (χ4v) is 0.0373. The molecule has 0 aromatic rings. The van der Waals surface area contributed by atoms with Gasteiger partial charge in [-0.15, -0.1) is 9.78 Å². The zero-order valence-electron chi connectivity index (χ0n) is 4.92. The van der Waals surface area contributed by atoms with Crippen LogP contribution in [0.25, 0.3) is 0 Å². The predicted octanol–water partition coefficient (Wildman–Crippen LogP) is -4.34. The minimum Gasteiger partial charge on any atom is -1.00 e. The Balaban J connectivity index is -0.0000000833. The maximum absolute atomic E-state index is 7.74. The van der Waals surface area contributed by atoms with Gasteiger partial charge in [0.05, 0.1) is 0 Å². The number of hydrogen-bond donors (Lipinski definition) is 2. The van der Waals surface area contributed by atoms with Crippen LogP contribution in [0.1, 0.15) is 1.43 Å². The summed E-state index contributed by atoms with van der Waals surface area (Å²) in [7, 11) is 0. The molecule has 0 spiro atoms. The van der Waals surface area contributed by atoms with Crippen molar-refractivity contribution in [1.82, 2.24) is 0 Å². The molecule has 0 aliphatic carbocycles. The van der Waals surface area contributed by atoms with Crippen molar-refractivity contribution >= 4 is 0 Å². The van der Waals surface area contributed by atoms with Gasteiger partial charge in [-0.25, -0.2) is 0 Å². The first kappa shape index (κ1) is 11.8. The van der Waals surface area contributed by atoms with E-state index < -0.39 is 6.16 Å². The van der Waals surface area contributed by atoms with Crippen LogP contribution in [0, 0.1) is 0 Å². The van der Waals surface area contributed by atoms with Crippen molar-refractivity contribution < 1.29 is 92.3 Å². The second-order valence-electron chi connectivity index (χ2n) is 0.715. The first-order valence-corrected chi connectivity index (χ1v) is 1.02. The second-order valence-corrected chi connectivity index (χ2v) is 0.715. The molecule has 0 amide bonds. The largest absolute Gasteiger partial charge is 1.00 e. The van der Waals surface area contributed by atoms with Crippen LogP contribution in [0.5, 0.6) is 0 Å². The standard InChI is InChI=1S/CH2O4.K.Zn.H/c2-1(3)4-5-1;;;/h2-3H;;;/q;+1;;-1. The second kappa shape index (κ2) is 4.00. The molecule has 7 heavy (non-hydrogen) atoms. The number of hydrogen-bond acceptors (Lipinski definition) is 4. The van der Waals surface area contributed by atoms with E-state index in [2.05, 4.69) is 9.78 Å². The first-order valence-electron chi connectivity index (χ1n) is 1.02. The van der Waals surface area contributed by atoms with Gasteiger partial charge < -0.3 is 11.6 Å². The van der Waals surface area contributed by atoms with Crippen LogP contribution in [0.15, 0.2) is 0 Å². The van der Waals surface area contributed by atoms with Crippen molar-refractivity contribution in [3.05, 3.63) is 0 Å². The van der Waals surface area contributed by atoms with E-state index >= 15 is 0 Å². The van der Waals surface area contributed by atoms with Gasteiger partial charge in [-0.2, -0.15) is 0 Å². The van der Waals surface area contributed by atoms with E-state index in [9.17, 15) is 0 Å². The summed E-state index contributed by atoms with van der Waals surface area (Å²) in [5, 5.41) is 15.5. The minimum absolute atomic E-state index is 0. The molecule has 1 rings (SSSR count). The van der Waals surface area contributed by atoms with E-state index in [-0.39, 0.29) is 72.3 Å². The molecule has 1 heterocycles. The quantitative estimate of drug-likeness (QED) is 0.173. The summed E-state index contributed by atoms with van der Waals surface area (Å²) < 4.78 is 0. The van der Waals surface area contributed by atoms with Crippen LogP contribution in [0.3, 0.4) is 0 Å². The van der Waals surface area contributed by atoms with Crippen LogP contribution < -0.4 is 51.4 Å².